The van der Waals surface area contributed by atoms with E-state index in [0.29, 0.717) is 18.1 Å². The molecule has 24 heavy (non-hydrogen) atoms. The third-order valence-electron chi connectivity index (χ3n) is 4.11. The van der Waals surface area contributed by atoms with Crippen molar-refractivity contribution in [1.82, 2.24) is 14.9 Å². The second kappa shape index (κ2) is 7.40. The summed E-state index contributed by atoms with van der Waals surface area (Å²) in [5.41, 5.74) is 2.63. The van der Waals surface area contributed by atoms with Crippen LogP contribution in [-0.4, -0.2) is 54.5 Å². The molecule has 1 aliphatic rings. The van der Waals surface area contributed by atoms with Crippen LogP contribution >= 0.6 is 0 Å². The minimum absolute atomic E-state index is 0.0707. The highest BCUT2D eigenvalue weighted by Gasteiger charge is 2.26. The van der Waals surface area contributed by atoms with Crippen molar-refractivity contribution in [2.24, 2.45) is 0 Å². The number of aromatic nitrogens is 2. The lowest BCUT2D eigenvalue weighted by Gasteiger charge is -2.17. The van der Waals surface area contributed by atoms with E-state index in [1.807, 2.05) is 18.2 Å². The fourth-order valence-corrected chi connectivity index (χ4v) is 2.87. The van der Waals surface area contributed by atoms with E-state index in [4.69, 9.17) is 0 Å². The van der Waals surface area contributed by atoms with E-state index in [0.717, 1.165) is 31.6 Å². The Labute approximate surface area is 142 Å². The minimum atomic E-state index is -0.0707. The molecule has 0 bridgehead atoms. The summed E-state index contributed by atoms with van der Waals surface area (Å²) in [6.07, 6.45) is 3.35. The van der Waals surface area contributed by atoms with Gasteiger partial charge in [0.25, 0.3) is 5.91 Å². The summed E-state index contributed by atoms with van der Waals surface area (Å²) in [6, 6.07) is 9.76. The molecule has 0 atom stereocenters. The van der Waals surface area contributed by atoms with Crippen molar-refractivity contribution in [2.45, 2.75) is 12.8 Å². The predicted molar refractivity (Wildman–Crippen MR) is 95.5 cm³/mol. The third-order valence-corrected chi connectivity index (χ3v) is 4.11. The molecule has 1 aromatic carbocycles. The molecule has 2 heterocycles. The van der Waals surface area contributed by atoms with Crippen LogP contribution in [0.25, 0.3) is 0 Å². The van der Waals surface area contributed by atoms with Crippen LogP contribution in [0.5, 0.6) is 0 Å². The third kappa shape index (κ3) is 3.71. The number of nitrogens with one attached hydrogen (secondary N) is 1. The highest BCUT2D eigenvalue weighted by molar-refractivity contribution is 6.06. The molecule has 2 aromatic rings. The van der Waals surface area contributed by atoms with Crippen LogP contribution < -0.4 is 10.2 Å². The summed E-state index contributed by atoms with van der Waals surface area (Å²) in [7, 11) is 4.10. The fourth-order valence-electron chi connectivity index (χ4n) is 2.87. The maximum absolute atomic E-state index is 12.8. The number of hydrogen-bond acceptors (Lipinski definition) is 5. The molecule has 1 aromatic heterocycles. The number of amides is 1. The fraction of sp³-hybridized carbons (Fsp3) is 0.389. The zero-order valence-corrected chi connectivity index (χ0v) is 14.2. The smallest absolute Gasteiger partial charge is 0.277 e. The average Bonchev–Trinajstić information content (AvgIpc) is 3.02. The number of fused-ring (bicyclic) bond motifs is 1. The number of benzene rings is 1. The van der Waals surface area contributed by atoms with Crippen LogP contribution in [0.3, 0.4) is 0 Å². The number of carbonyl (C=O) groups is 1. The summed E-state index contributed by atoms with van der Waals surface area (Å²) < 4.78 is 0. The number of para-hydroxylation sites is 1. The van der Waals surface area contributed by atoms with Crippen LogP contribution in [0.15, 0.2) is 36.7 Å². The summed E-state index contributed by atoms with van der Waals surface area (Å²) in [4.78, 5) is 25.1. The minimum Gasteiger partial charge on any atom is -0.370 e. The van der Waals surface area contributed by atoms with Gasteiger partial charge in [0.15, 0.2) is 0 Å². The van der Waals surface area contributed by atoms with Gasteiger partial charge < -0.3 is 15.1 Å². The molecule has 3 rings (SSSR count). The van der Waals surface area contributed by atoms with Crippen LogP contribution in [0.2, 0.25) is 0 Å². The quantitative estimate of drug-likeness (QED) is 0.824. The van der Waals surface area contributed by atoms with E-state index in [2.05, 4.69) is 40.3 Å². The maximum Gasteiger partial charge on any atom is 0.277 e. The van der Waals surface area contributed by atoms with E-state index < -0.39 is 0 Å². The van der Waals surface area contributed by atoms with Crippen molar-refractivity contribution >= 4 is 17.4 Å². The van der Waals surface area contributed by atoms with Gasteiger partial charge in [-0.2, -0.15) is 0 Å². The van der Waals surface area contributed by atoms with E-state index in [-0.39, 0.29) is 5.91 Å². The Morgan fingerprint density at radius 1 is 1.29 bits per heavy atom. The van der Waals surface area contributed by atoms with Gasteiger partial charge >= 0.3 is 0 Å². The van der Waals surface area contributed by atoms with Crippen molar-refractivity contribution < 1.29 is 4.79 Å². The molecule has 1 N–H and O–H groups in total. The highest BCUT2D eigenvalue weighted by Crippen LogP contribution is 2.28. The van der Waals surface area contributed by atoms with Crippen LogP contribution in [0.4, 0.5) is 11.5 Å². The number of hydrogen-bond donors (Lipinski definition) is 1. The molecule has 1 aliphatic heterocycles. The highest BCUT2D eigenvalue weighted by atomic mass is 16.2. The lowest BCUT2D eigenvalue weighted by molar-refractivity contribution is 0.0984. The number of carbonyl (C=O) groups excluding carboxylic acids is 1. The molecule has 6 nitrogen and oxygen atoms in total. The molecular weight excluding hydrogens is 302 g/mol. The molecule has 6 heteroatoms. The predicted octanol–water partition coefficient (Wildman–Crippen LogP) is 2.04. The lowest BCUT2D eigenvalue weighted by atomic mass is 10.2. The zero-order valence-electron chi connectivity index (χ0n) is 14.2. The summed E-state index contributed by atoms with van der Waals surface area (Å²) in [5.74, 6) is 0.623. The average molecular weight is 325 g/mol. The van der Waals surface area contributed by atoms with Crippen molar-refractivity contribution in [3.63, 3.8) is 0 Å². The zero-order chi connectivity index (χ0) is 16.9. The van der Waals surface area contributed by atoms with Gasteiger partial charge in [-0.05, 0) is 45.1 Å². The van der Waals surface area contributed by atoms with Gasteiger partial charge in [0.05, 0.1) is 0 Å². The van der Waals surface area contributed by atoms with Crippen molar-refractivity contribution in [3.8, 4) is 0 Å². The monoisotopic (exact) mass is 325 g/mol. The topological polar surface area (TPSA) is 61.4 Å². The van der Waals surface area contributed by atoms with Gasteiger partial charge in [-0.3, -0.25) is 4.79 Å². The standard InChI is InChI=1S/C18H23N5O/c1-22(2)10-5-9-19-17-12-15(20-13-21-17)18(24)23-11-8-14-6-3-4-7-16(14)23/h3-4,6-7,12-13H,5,8-11H2,1-2H3,(H,19,20,21). The van der Waals surface area contributed by atoms with Gasteiger partial charge in [-0.1, -0.05) is 18.2 Å². The molecule has 0 unspecified atom stereocenters. The Kier molecular flexibility index (Phi) is 5.05. The first-order chi connectivity index (χ1) is 11.6. The second-order valence-electron chi connectivity index (χ2n) is 6.21. The van der Waals surface area contributed by atoms with Crippen LogP contribution in [-0.2, 0) is 6.42 Å². The van der Waals surface area contributed by atoms with E-state index in [1.54, 1.807) is 11.0 Å². The molecule has 0 fully saturated rings. The summed E-state index contributed by atoms with van der Waals surface area (Å²) in [6.45, 7) is 2.53. The second-order valence-corrected chi connectivity index (χ2v) is 6.21. The molecular formula is C18H23N5O. The molecule has 0 radical (unpaired) electrons. The summed E-state index contributed by atoms with van der Waals surface area (Å²) in [5, 5.41) is 3.26. The van der Waals surface area contributed by atoms with Gasteiger partial charge in [-0.15, -0.1) is 0 Å². The largest absolute Gasteiger partial charge is 0.370 e. The first-order valence-corrected chi connectivity index (χ1v) is 8.25. The lowest BCUT2D eigenvalue weighted by Crippen LogP contribution is -2.29. The van der Waals surface area contributed by atoms with Crippen molar-refractivity contribution in [2.75, 3.05) is 43.9 Å². The molecule has 0 aliphatic carbocycles. The van der Waals surface area contributed by atoms with E-state index in [9.17, 15) is 4.79 Å². The Morgan fingerprint density at radius 2 is 2.12 bits per heavy atom. The van der Waals surface area contributed by atoms with Gasteiger partial charge in [0.2, 0.25) is 0 Å². The number of rotatable bonds is 6. The van der Waals surface area contributed by atoms with Crippen LogP contribution in [0, 0.1) is 0 Å². The van der Waals surface area contributed by atoms with E-state index in [1.165, 1.54) is 11.9 Å². The molecule has 1 amide bonds. The van der Waals surface area contributed by atoms with Gasteiger partial charge in [-0.25, -0.2) is 9.97 Å². The number of anilines is 2. The Balaban J connectivity index is 1.67. The Hall–Kier alpha value is -2.47. The van der Waals surface area contributed by atoms with Crippen molar-refractivity contribution in [1.29, 1.82) is 0 Å². The molecule has 0 saturated heterocycles. The normalized spacial score (nSPS) is 13.2. The Bertz CT molecular complexity index is 716. The van der Waals surface area contributed by atoms with E-state index >= 15 is 0 Å². The van der Waals surface area contributed by atoms with Gasteiger partial charge in [0.1, 0.15) is 17.8 Å². The molecule has 126 valence electrons. The first kappa shape index (κ1) is 16.4. The van der Waals surface area contributed by atoms with Crippen LogP contribution in [0.1, 0.15) is 22.5 Å². The molecule has 0 spiro atoms. The molecule has 0 saturated carbocycles. The van der Waals surface area contributed by atoms with Crippen molar-refractivity contribution in [3.05, 3.63) is 47.9 Å². The van der Waals surface area contributed by atoms with Gasteiger partial charge in [0, 0.05) is 24.8 Å². The maximum atomic E-state index is 12.8. The Morgan fingerprint density at radius 3 is 2.96 bits per heavy atom. The summed E-state index contributed by atoms with van der Waals surface area (Å²) >= 11 is 0. The SMILES string of the molecule is CN(C)CCCNc1cc(C(=O)N2CCc3ccccc32)ncn1. The first-order valence-electron chi connectivity index (χ1n) is 8.25. The number of nitrogens with zero attached hydrogens (tertiary/aromatic N) is 4.